The smallest absolute Gasteiger partial charge is 0.212 e. The minimum absolute atomic E-state index is 0.0150. The third kappa shape index (κ3) is 5.49. The van der Waals surface area contributed by atoms with Crippen molar-refractivity contribution in [3.8, 4) is 0 Å². The van der Waals surface area contributed by atoms with E-state index in [0.29, 0.717) is 6.54 Å². The standard InChI is InChI=1S/C8H18ClNO2S/c1-8(2,3)7-10(4)13(11,12)6-5-9/h5-7H2,1-4H3. The molecule has 0 saturated carbocycles. The van der Waals surface area contributed by atoms with E-state index in [2.05, 4.69) is 0 Å². The minimum atomic E-state index is -3.14. The first-order valence-corrected chi connectivity index (χ1v) is 6.33. The van der Waals surface area contributed by atoms with E-state index < -0.39 is 10.0 Å². The van der Waals surface area contributed by atoms with Gasteiger partial charge in [0.2, 0.25) is 10.0 Å². The Morgan fingerprint density at radius 1 is 1.31 bits per heavy atom. The molecule has 0 aliphatic heterocycles. The first-order chi connectivity index (χ1) is 5.69. The average Bonchev–Trinajstić information content (AvgIpc) is 1.82. The third-order valence-corrected chi connectivity index (χ3v) is 3.72. The maximum absolute atomic E-state index is 11.4. The highest BCUT2D eigenvalue weighted by Gasteiger charge is 2.22. The lowest BCUT2D eigenvalue weighted by atomic mass is 9.97. The molecule has 0 rings (SSSR count). The van der Waals surface area contributed by atoms with Crippen molar-refractivity contribution in [3.63, 3.8) is 0 Å². The number of hydrogen-bond acceptors (Lipinski definition) is 2. The summed E-state index contributed by atoms with van der Waals surface area (Å²) in [6.07, 6.45) is 0. The van der Waals surface area contributed by atoms with Gasteiger partial charge in [0.1, 0.15) is 0 Å². The number of nitrogens with zero attached hydrogens (tertiary/aromatic N) is 1. The van der Waals surface area contributed by atoms with Crippen LogP contribution in [0.25, 0.3) is 0 Å². The van der Waals surface area contributed by atoms with E-state index in [1.807, 2.05) is 20.8 Å². The van der Waals surface area contributed by atoms with Crippen molar-refractivity contribution in [1.82, 2.24) is 4.31 Å². The van der Waals surface area contributed by atoms with Crippen molar-refractivity contribution in [2.45, 2.75) is 20.8 Å². The molecule has 13 heavy (non-hydrogen) atoms. The second-order valence-corrected chi connectivity index (χ2v) is 6.90. The Balaban J connectivity index is 4.35. The quantitative estimate of drug-likeness (QED) is 0.684. The minimum Gasteiger partial charge on any atom is -0.212 e. The second-order valence-electron chi connectivity index (χ2n) is 4.32. The first kappa shape index (κ1) is 13.2. The van der Waals surface area contributed by atoms with Gasteiger partial charge in [-0.15, -0.1) is 11.6 Å². The summed E-state index contributed by atoms with van der Waals surface area (Å²) in [5.41, 5.74) is -0.0197. The molecule has 0 aromatic heterocycles. The van der Waals surface area contributed by atoms with Crippen LogP contribution in [-0.4, -0.2) is 37.9 Å². The molecule has 0 bridgehead atoms. The van der Waals surface area contributed by atoms with E-state index in [1.54, 1.807) is 7.05 Å². The molecular weight excluding hydrogens is 210 g/mol. The van der Waals surface area contributed by atoms with Crippen LogP contribution in [0.3, 0.4) is 0 Å². The number of halogens is 1. The summed E-state index contributed by atoms with van der Waals surface area (Å²) in [4.78, 5) is 0. The fraction of sp³-hybridized carbons (Fsp3) is 1.00. The summed E-state index contributed by atoms with van der Waals surface area (Å²) >= 11 is 5.40. The van der Waals surface area contributed by atoms with Gasteiger partial charge in [-0.2, -0.15) is 0 Å². The van der Waals surface area contributed by atoms with Gasteiger partial charge >= 0.3 is 0 Å². The molecule has 0 aromatic carbocycles. The largest absolute Gasteiger partial charge is 0.215 e. The van der Waals surface area contributed by atoms with Crippen LogP contribution in [0, 0.1) is 5.41 Å². The molecule has 0 spiro atoms. The highest BCUT2D eigenvalue weighted by Crippen LogP contribution is 2.16. The topological polar surface area (TPSA) is 37.4 Å². The van der Waals surface area contributed by atoms with Gasteiger partial charge in [0, 0.05) is 19.5 Å². The van der Waals surface area contributed by atoms with Crippen molar-refractivity contribution in [2.75, 3.05) is 25.2 Å². The molecule has 0 aliphatic carbocycles. The van der Waals surface area contributed by atoms with Gasteiger partial charge in [-0.25, -0.2) is 12.7 Å². The molecule has 0 heterocycles. The van der Waals surface area contributed by atoms with Crippen molar-refractivity contribution in [1.29, 1.82) is 0 Å². The van der Waals surface area contributed by atoms with Gasteiger partial charge in [-0.1, -0.05) is 20.8 Å². The second kappa shape index (κ2) is 4.62. The van der Waals surface area contributed by atoms with Crippen LogP contribution < -0.4 is 0 Å². The van der Waals surface area contributed by atoms with Crippen molar-refractivity contribution in [2.24, 2.45) is 5.41 Å². The summed E-state index contributed by atoms with van der Waals surface area (Å²) in [6.45, 7) is 6.52. The Bertz CT molecular complexity index is 243. The number of rotatable bonds is 4. The molecule has 3 nitrogen and oxygen atoms in total. The molecule has 0 unspecified atom stereocenters. The highest BCUT2D eigenvalue weighted by atomic mass is 35.5. The average molecular weight is 228 g/mol. The number of hydrogen-bond donors (Lipinski definition) is 0. The molecule has 80 valence electrons. The van der Waals surface area contributed by atoms with E-state index >= 15 is 0 Å². The predicted octanol–water partition coefficient (Wildman–Crippen LogP) is 1.53. The van der Waals surface area contributed by atoms with E-state index in [0.717, 1.165) is 0 Å². The van der Waals surface area contributed by atoms with Crippen molar-refractivity contribution in [3.05, 3.63) is 0 Å². The van der Waals surface area contributed by atoms with Crippen LogP contribution in [0.15, 0.2) is 0 Å². The van der Waals surface area contributed by atoms with E-state index in [4.69, 9.17) is 11.6 Å². The fourth-order valence-corrected chi connectivity index (χ4v) is 2.70. The third-order valence-electron chi connectivity index (χ3n) is 1.51. The maximum atomic E-state index is 11.4. The molecule has 0 N–H and O–H groups in total. The normalized spacial score (nSPS) is 13.7. The molecule has 0 fully saturated rings. The first-order valence-electron chi connectivity index (χ1n) is 4.19. The lowest BCUT2D eigenvalue weighted by Gasteiger charge is -2.25. The van der Waals surface area contributed by atoms with E-state index in [9.17, 15) is 8.42 Å². The predicted molar refractivity (Wildman–Crippen MR) is 56.6 cm³/mol. The lowest BCUT2D eigenvalue weighted by molar-refractivity contribution is 0.311. The van der Waals surface area contributed by atoms with Crippen LogP contribution in [0.2, 0.25) is 0 Å². The van der Waals surface area contributed by atoms with Crippen LogP contribution in [0.1, 0.15) is 20.8 Å². The van der Waals surface area contributed by atoms with E-state index in [-0.39, 0.29) is 17.0 Å². The molecular formula is C8H18ClNO2S. The lowest BCUT2D eigenvalue weighted by Crippen LogP contribution is -2.36. The Hall–Kier alpha value is 0.200. The Kier molecular flexibility index (Phi) is 4.69. The van der Waals surface area contributed by atoms with Crippen molar-refractivity contribution >= 4 is 21.6 Å². The number of sulfonamides is 1. The zero-order chi connectivity index (χ0) is 10.7. The van der Waals surface area contributed by atoms with Crippen LogP contribution in [-0.2, 0) is 10.0 Å². The van der Waals surface area contributed by atoms with Crippen LogP contribution >= 0.6 is 11.6 Å². The molecule has 0 saturated heterocycles. The highest BCUT2D eigenvalue weighted by molar-refractivity contribution is 7.89. The van der Waals surface area contributed by atoms with E-state index in [1.165, 1.54) is 4.31 Å². The summed E-state index contributed by atoms with van der Waals surface area (Å²) < 4.78 is 24.3. The van der Waals surface area contributed by atoms with Crippen LogP contribution in [0.4, 0.5) is 0 Å². The summed E-state index contributed by atoms with van der Waals surface area (Å²) in [5, 5.41) is 0. The summed E-state index contributed by atoms with van der Waals surface area (Å²) in [7, 11) is -1.55. The monoisotopic (exact) mass is 227 g/mol. The van der Waals surface area contributed by atoms with Gasteiger partial charge in [0.05, 0.1) is 5.75 Å². The fourth-order valence-electron chi connectivity index (χ4n) is 1.02. The zero-order valence-electron chi connectivity index (χ0n) is 8.67. The van der Waals surface area contributed by atoms with Gasteiger partial charge in [-0.05, 0) is 5.41 Å². The number of alkyl halides is 1. The van der Waals surface area contributed by atoms with Crippen LogP contribution in [0.5, 0.6) is 0 Å². The maximum Gasteiger partial charge on any atom is 0.215 e. The Morgan fingerprint density at radius 2 is 1.77 bits per heavy atom. The molecule has 0 aliphatic rings. The zero-order valence-corrected chi connectivity index (χ0v) is 10.2. The summed E-state index contributed by atoms with van der Waals surface area (Å²) in [5.74, 6) is 0.165. The van der Waals surface area contributed by atoms with Gasteiger partial charge in [0.15, 0.2) is 0 Å². The van der Waals surface area contributed by atoms with Gasteiger partial charge < -0.3 is 0 Å². The molecule has 0 radical (unpaired) electrons. The SMILES string of the molecule is CN(CC(C)(C)C)S(=O)(=O)CCCl. The van der Waals surface area contributed by atoms with Gasteiger partial charge in [0.25, 0.3) is 0 Å². The molecule has 0 amide bonds. The van der Waals surface area contributed by atoms with Crippen molar-refractivity contribution < 1.29 is 8.42 Å². The molecule has 0 atom stereocenters. The van der Waals surface area contributed by atoms with Gasteiger partial charge in [-0.3, -0.25) is 0 Å². The molecule has 5 heteroatoms. The Labute approximate surface area is 86.1 Å². The molecule has 0 aromatic rings. The summed E-state index contributed by atoms with van der Waals surface area (Å²) in [6, 6.07) is 0. The Morgan fingerprint density at radius 3 is 2.08 bits per heavy atom.